The minimum Gasteiger partial charge on any atom is -0.507 e. The molecule has 0 saturated heterocycles. The summed E-state index contributed by atoms with van der Waals surface area (Å²) >= 11 is 0. The summed E-state index contributed by atoms with van der Waals surface area (Å²) in [6.07, 6.45) is 2.58. The van der Waals surface area contributed by atoms with Crippen molar-refractivity contribution >= 4 is 40.4 Å². The largest absolute Gasteiger partial charge is 0.507 e. The maximum absolute atomic E-state index is 9.85. The molecule has 0 aliphatic carbocycles. The van der Waals surface area contributed by atoms with Crippen molar-refractivity contribution in [2.24, 2.45) is 15.1 Å². The van der Waals surface area contributed by atoms with Gasteiger partial charge in [0.25, 0.3) is 0 Å². The molecule has 0 aliphatic heterocycles. The zero-order valence-electron chi connectivity index (χ0n) is 13.6. The van der Waals surface area contributed by atoms with Gasteiger partial charge in [-0.15, -0.1) is 0 Å². The molecule has 0 radical (unpaired) electrons. The van der Waals surface area contributed by atoms with Crippen molar-refractivity contribution in [2.45, 2.75) is 0 Å². The van der Waals surface area contributed by atoms with Crippen molar-refractivity contribution in [2.75, 3.05) is 0 Å². The van der Waals surface area contributed by atoms with E-state index in [-0.39, 0.29) is 11.6 Å². The second-order valence-electron chi connectivity index (χ2n) is 5.32. The molecule has 0 amide bonds. The molecule has 3 aromatic carbocycles. The second-order valence-corrected chi connectivity index (χ2v) is 5.32. The van der Waals surface area contributed by atoms with Crippen LogP contribution in [0, 0.1) is 0 Å². The molecule has 130 valence electrons. The molecule has 0 heterocycles. The van der Waals surface area contributed by atoms with Crippen LogP contribution in [0.15, 0.2) is 75.8 Å². The molecular formula is C19H16N4O3. The van der Waals surface area contributed by atoms with E-state index in [1.54, 1.807) is 36.5 Å². The van der Waals surface area contributed by atoms with E-state index >= 15 is 0 Å². The first-order valence-electron chi connectivity index (χ1n) is 7.73. The number of para-hydroxylation sites is 1. The van der Waals surface area contributed by atoms with Gasteiger partial charge < -0.3 is 10.3 Å². The lowest BCUT2D eigenvalue weighted by Gasteiger charge is -2.06. The van der Waals surface area contributed by atoms with Crippen molar-refractivity contribution in [3.63, 3.8) is 0 Å². The number of aliphatic imine (C=N–C) groups is 2. The summed E-state index contributed by atoms with van der Waals surface area (Å²) in [5.41, 5.74) is 3.76. The number of aromatic hydroxyl groups is 1. The van der Waals surface area contributed by atoms with Gasteiger partial charge in [-0.3, -0.25) is 15.7 Å². The maximum Gasteiger partial charge on any atom is 0.172 e. The Kier molecular flexibility index (Phi) is 5.21. The van der Waals surface area contributed by atoms with Gasteiger partial charge in [0, 0.05) is 22.6 Å². The lowest BCUT2D eigenvalue weighted by Crippen LogP contribution is -2.19. The fraction of sp³-hybridized carbons (Fsp3) is 0. The number of amidine groups is 1. The van der Waals surface area contributed by atoms with Gasteiger partial charge in [-0.25, -0.2) is 4.99 Å². The number of hydrogen-bond donors (Lipinski definition) is 4. The Morgan fingerprint density at radius 2 is 1.54 bits per heavy atom. The monoisotopic (exact) mass is 348 g/mol. The summed E-state index contributed by atoms with van der Waals surface area (Å²) in [7, 11) is 0. The van der Waals surface area contributed by atoms with E-state index in [1.807, 2.05) is 35.8 Å². The first kappa shape index (κ1) is 17.1. The zero-order chi connectivity index (χ0) is 18.4. The minimum absolute atomic E-state index is 0.0110. The molecule has 0 saturated carbocycles. The third kappa shape index (κ3) is 3.68. The van der Waals surface area contributed by atoms with Crippen LogP contribution in [0.2, 0.25) is 0 Å². The second kappa shape index (κ2) is 7.91. The predicted molar refractivity (Wildman–Crippen MR) is 102 cm³/mol. The predicted octanol–water partition coefficient (Wildman–Crippen LogP) is 3.76. The smallest absolute Gasteiger partial charge is 0.172 e. The minimum atomic E-state index is -0.0110. The van der Waals surface area contributed by atoms with Crippen molar-refractivity contribution in [3.05, 3.63) is 66.2 Å². The number of hydrogen-bond acceptors (Lipinski definition) is 6. The van der Waals surface area contributed by atoms with Gasteiger partial charge in [-0.1, -0.05) is 41.6 Å². The molecule has 0 fully saturated rings. The molecule has 0 bridgehead atoms. The van der Waals surface area contributed by atoms with E-state index in [4.69, 9.17) is 10.4 Å². The van der Waals surface area contributed by atoms with Crippen LogP contribution in [0.4, 0.5) is 11.4 Å². The van der Waals surface area contributed by atoms with Crippen LogP contribution in [-0.4, -0.2) is 33.8 Å². The molecule has 3 rings (SSSR count). The Morgan fingerprint density at radius 1 is 0.885 bits per heavy atom. The summed E-state index contributed by atoms with van der Waals surface area (Å²) < 4.78 is 0. The molecule has 3 aromatic rings. The van der Waals surface area contributed by atoms with Gasteiger partial charge in [-0.05, 0) is 24.3 Å². The topological polar surface area (TPSA) is 110 Å². The molecule has 0 atom stereocenters. The lowest BCUT2D eigenvalue weighted by atomic mass is 10.1. The molecule has 0 aromatic heterocycles. The number of rotatable bonds is 4. The number of phenolic OH excluding ortho intramolecular Hbond substituents is 1. The van der Waals surface area contributed by atoms with Crippen molar-refractivity contribution < 1.29 is 15.5 Å². The van der Waals surface area contributed by atoms with Crippen LogP contribution in [0.25, 0.3) is 10.8 Å². The number of fused-ring (bicyclic) bond motifs is 1. The molecule has 0 spiro atoms. The molecule has 0 unspecified atom stereocenters. The Balaban J connectivity index is 2.07. The average Bonchev–Trinajstić information content (AvgIpc) is 2.68. The number of oxime groups is 1. The fourth-order valence-electron chi connectivity index (χ4n) is 2.48. The van der Waals surface area contributed by atoms with Crippen molar-refractivity contribution in [3.8, 4) is 5.75 Å². The number of nitrogens with one attached hydrogen (secondary N) is 1. The van der Waals surface area contributed by atoms with Crippen LogP contribution < -0.4 is 5.48 Å². The summed E-state index contributed by atoms with van der Waals surface area (Å²) in [6.45, 7) is 0. The van der Waals surface area contributed by atoms with Gasteiger partial charge in [0.05, 0.1) is 11.4 Å². The molecule has 7 nitrogen and oxygen atoms in total. The fourth-order valence-corrected chi connectivity index (χ4v) is 2.48. The SMILES string of the molecule is ON=CC(=Nc1ccc(N=Cc2ccccc2O)c2ccccc12)NO. The number of benzene rings is 3. The van der Waals surface area contributed by atoms with E-state index < -0.39 is 0 Å². The standard InChI is InChI=1S/C19H16N4O3/c24-18-8-4-1-5-13(18)11-20-16-9-10-17(22-19(23-26)12-21-25)15-7-3-2-6-14(15)16/h1-12,24-26H,(H,22,23). The van der Waals surface area contributed by atoms with E-state index in [9.17, 15) is 5.11 Å². The zero-order valence-corrected chi connectivity index (χ0v) is 13.6. The van der Waals surface area contributed by atoms with E-state index in [2.05, 4.69) is 15.1 Å². The highest BCUT2D eigenvalue weighted by Crippen LogP contribution is 2.33. The molecule has 0 aliphatic rings. The number of phenols is 1. The molecule has 7 heteroatoms. The third-order valence-electron chi connectivity index (χ3n) is 3.69. The highest BCUT2D eigenvalue weighted by molar-refractivity contribution is 6.29. The average molecular weight is 348 g/mol. The van der Waals surface area contributed by atoms with Crippen molar-refractivity contribution in [1.82, 2.24) is 5.48 Å². The van der Waals surface area contributed by atoms with Crippen LogP contribution >= 0.6 is 0 Å². The summed E-state index contributed by atoms with van der Waals surface area (Å²) in [4.78, 5) is 8.70. The first-order chi connectivity index (χ1) is 12.7. The Morgan fingerprint density at radius 3 is 2.23 bits per heavy atom. The Bertz CT molecular complexity index is 1010. The molecule has 26 heavy (non-hydrogen) atoms. The molecular weight excluding hydrogens is 332 g/mol. The van der Waals surface area contributed by atoms with E-state index in [1.165, 1.54) is 0 Å². The van der Waals surface area contributed by atoms with Crippen LogP contribution in [-0.2, 0) is 0 Å². The van der Waals surface area contributed by atoms with Crippen LogP contribution in [0.3, 0.4) is 0 Å². The summed E-state index contributed by atoms with van der Waals surface area (Å²) in [5, 5.41) is 32.0. The van der Waals surface area contributed by atoms with E-state index in [0.717, 1.165) is 17.0 Å². The lowest BCUT2D eigenvalue weighted by molar-refractivity contribution is 0.236. The normalized spacial score (nSPS) is 12.3. The quantitative estimate of drug-likeness (QED) is 0.249. The highest BCUT2D eigenvalue weighted by atomic mass is 16.5. The van der Waals surface area contributed by atoms with Gasteiger partial charge in [-0.2, -0.15) is 0 Å². The molecule has 4 N–H and O–H groups in total. The van der Waals surface area contributed by atoms with Crippen LogP contribution in [0.5, 0.6) is 5.75 Å². The van der Waals surface area contributed by atoms with Crippen molar-refractivity contribution in [1.29, 1.82) is 0 Å². The van der Waals surface area contributed by atoms with Crippen LogP contribution in [0.1, 0.15) is 5.56 Å². The first-order valence-corrected chi connectivity index (χ1v) is 7.73. The van der Waals surface area contributed by atoms with Gasteiger partial charge >= 0.3 is 0 Å². The summed E-state index contributed by atoms with van der Waals surface area (Å²) in [6, 6.07) is 18.0. The number of hydroxylamine groups is 1. The Labute approximate surface area is 149 Å². The van der Waals surface area contributed by atoms with Gasteiger partial charge in [0.2, 0.25) is 0 Å². The van der Waals surface area contributed by atoms with Gasteiger partial charge in [0.15, 0.2) is 5.84 Å². The van der Waals surface area contributed by atoms with Gasteiger partial charge in [0.1, 0.15) is 12.0 Å². The highest BCUT2D eigenvalue weighted by Gasteiger charge is 2.06. The van der Waals surface area contributed by atoms with E-state index in [0.29, 0.717) is 16.9 Å². The maximum atomic E-state index is 9.85. The number of nitrogens with zero attached hydrogens (tertiary/aromatic N) is 3. The Hall–Kier alpha value is -3.71. The third-order valence-corrected chi connectivity index (χ3v) is 3.69. The summed E-state index contributed by atoms with van der Waals surface area (Å²) in [5.74, 6) is 0.145.